The number of non-ortho nitro benzene ring substituents is 1. The fraction of sp³-hybridized carbons (Fsp3) is 0.556. The van der Waals surface area contributed by atoms with Gasteiger partial charge in [0.15, 0.2) is 5.17 Å². The quantitative estimate of drug-likeness (QED) is 0.581. The van der Waals surface area contributed by atoms with Crippen LogP contribution in [0.3, 0.4) is 0 Å². The highest BCUT2D eigenvalue weighted by atomic mass is 35.5. The van der Waals surface area contributed by atoms with E-state index in [-0.39, 0.29) is 30.0 Å². The van der Waals surface area contributed by atoms with E-state index in [1.54, 1.807) is 23.9 Å². The number of hydrogen-bond donors (Lipinski definition) is 1. The third-order valence-electron chi connectivity index (χ3n) is 4.88. The van der Waals surface area contributed by atoms with Crippen LogP contribution in [0.15, 0.2) is 29.3 Å². The maximum absolute atomic E-state index is 12.3. The molecule has 1 atom stereocenters. The summed E-state index contributed by atoms with van der Waals surface area (Å²) in [6.45, 7) is 0. The summed E-state index contributed by atoms with van der Waals surface area (Å²) in [5.74, 6) is 0.701. The van der Waals surface area contributed by atoms with Crippen molar-refractivity contribution in [3.8, 4) is 0 Å². The van der Waals surface area contributed by atoms with Gasteiger partial charge < -0.3 is 10.2 Å². The lowest BCUT2D eigenvalue weighted by atomic mass is 9.96. The summed E-state index contributed by atoms with van der Waals surface area (Å²) in [5.41, 5.74) is 0.423. The lowest BCUT2D eigenvalue weighted by molar-refractivity contribution is -0.384. The van der Waals surface area contributed by atoms with E-state index in [1.165, 1.54) is 31.4 Å². The van der Waals surface area contributed by atoms with Gasteiger partial charge in [-0.15, -0.1) is 12.4 Å². The molecule has 1 saturated carbocycles. The highest BCUT2D eigenvalue weighted by Crippen LogP contribution is 2.28. The Bertz CT molecular complexity index is 710. The lowest BCUT2D eigenvalue weighted by Gasteiger charge is -2.23. The van der Waals surface area contributed by atoms with Crippen molar-refractivity contribution in [2.45, 2.75) is 50.6 Å². The number of carbonyl (C=O) groups excluding carboxylic acids is 1. The number of nitro groups is 1. The van der Waals surface area contributed by atoms with Crippen LogP contribution < -0.4 is 5.32 Å². The fourth-order valence-electron chi connectivity index (χ4n) is 3.35. The van der Waals surface area contributed by atoms with E-state index in [9.17, 15) is 14.9 Å². The standard InChI is InChI=1S/C18H24N4O3S.ClH/c1-21-16(12-26-18(21)20-13-6-3-2-4-7-13)11-17(23)19-14-8-5-9-15(10-14)22(24)25;/h5,8-10,13,16H,2-4,6-7,11-12H2,1H3,(H,19,23);1H. The van der Waals surface area contributed by atoms with Crippen LogP contribution in [0.25, 0.3) is 0 Å². The normalized spacial score (nSPS) is 21.7. The predicted octanol–water partition coefficient (Wildman–Crippen LogP) is 4.08. The molecule has 3 rings (SSSR count). The Morgan fingerprint density at radius 3 is 2.81 bits per heavy atom. The van der Waals surface area contributed by atoms with Gasteiger partial charge in [0.1, 0.15) is 0 Å². The molecule has 148 valence electrons. The maximum atomic E-state index is 12.3. The number of carbonyl (C=O) groups is 1. The number of hydrogen-bond acceptors (Lipinski definition) is 5. The number of nitro benzene ring substituents is 1. The van der Waals surface area contributed by atoms with E-state index in [4.69, 9.17) is 4.99 Å². The van der Waals surface area contributed by atoms with E-state index in [2.05, 4.69) is 10.2 Å². The number of halogens is 1. The first-order valence-electron chi connectivity index (χ1n) is 9.00. The van der Waals surface area contributed by atoms with Crippen LogP contribution in [0.2, 0.25) is 0 Å². The molecule has 0 spiro atoms. The average Bonchev–Trinajstić information content (AvgIpc) is 2.96. The third kappa shape index (κ3) is 5.84. The van der Waals surface area contributed by atoms with E-state index in [0.29, 0.717) is 18.2 Å². The van der Waals surface area contributed by atoms with Gasteiger partial charge in [-0.1, -0.05) is 37.1 Å². The minimum Gasteiger partial charge on any atom is -0.350 e. The summed E-state index contributed by atoms with van der Waals surface area (Å²) in [6.07, 6.45) is 6.49. The Hall–Kier alpha value is -1.80. The molecule has 1 unspecified atom stereocenters. The number of amidine groups is 1. The van der Waals surface area contributed by atoms with E-state index < -0.39 is 4.92 Å². The van der Waals surface area contributed by atoms with Crippen LogP contribution in [-0.4, -0.2) is 45.8 Å². The number of nitrogens with one attached hydrogen (secondary N) is 1. The second-order valence-electron chi connectivity index (χ2n) is 6.84. The molecule has 1 N–H and O–H groups in total. The van der Waals surface area contributed by atoms with Crippen molar-refractivity contribution < 1.29 is 9.72 Å². The van der Waals surface area contributed by atoms with E-state index in [0.717, 1.165) is 23.8 Å². The molecule has 7 nitrogen and oxygen atoms in total. The van der Waals surface area contributed by atoms with Crippen molar-refractivity contribution in [3.63, 3.8) is 0 Å². The topological polar surface area (TPSA) is 87.8 Å². The van der Waals surface area contributed by atoms with Crippen LogP contribution in [-0.2, 0) is 4.79 Å². The Morgan fingerprint density at radius 2 is 2.11 bits per heavy atom. The van der Waals surface area contributed by atoms with E-state index >= 15 is 0 Å². The number of nitrogens with zero attached hydrogens (tertiary/aromatic N) is 3. The summed E-state index contributed by atoms with van der Waals surface area (Å²) in [7, 11) is 1.99. The van der Waals surface area contributed by atoms with Gasteiger partial charge in [0.05, 0.1) is 11.0 Å². The molecular weight excluding hydrogens is 388 g/mol. The van der Waals surface area contributed by atoms with Crippen molar-refractivity contribution >= 4 is 46.6 Å². The Labute approximate surface area is 169 Å². The van der Waals surface area contributed by atoms with Gasteiger partial charge in [0, 0.05) is 43.1 Å². The first-order valence-corrected chi connectivity index (χ1v) is 9.99. The van der Waals surface area contributed by atoms with Gasteiger partial charge in [-0.3, -0.25) is 19.9 Å². The molecule has 1 amide bonds. The monoisotopic (exact) mass is 412 g/mol. The zero-order chi connectivity index (χ0) is 18.5. The van der Waals surface area contributed by atoms with Crippen LogP contribution in [0.1, 0.15) is 38.5 Å². The molecule has 2 aliphatic rings. The Kier molecular flexibility index (Phi) is 7.91. The molecule has 1 heterocycles. The van der Waals surface area contributed by atoms with Crippen molar-refractivity contribution in [2.24, 2.45) is 4.99 Å². The number of thioether (sulfide) groups is 1. The van der Waals surface area contributed by atoms with Crippen LogP contribution in [0.4, 0.5) is 11.4 Å². The first kappa shape index (κ1) is 21.5. The Morgan fingerprint density at radius 1 is 1.37 bits per heavy atom. The smallest absolute Gasteiger partial charge is 0.271 e. The molecule has 0 bridgehead atoms. The predicted molar refractivity (Wildman–Crippen MR) is 112 cm³/mol. The molecule has 1 aliphatic carbocycles. The zero-order valence-corrected chi connectivity index (χ0v) is 16.9. The van der Waals surface area contributed by atoms with Crippen molar-refractivity contribution in [1.29, 1.82) is 0 Å². The van der Waals surface area contributed by atoms with Gasteiger partial charge in [0.2, 0.25) is 5.91 Å². The summed E-state index contributed by atoms with van der Waals surface area (Å²) in [6, 6.07) is 6.53. The van der Waals surface area contributed by atoms with Gasteiger partial charge in [0.25, 0.3) is 5.69 Å². The third-order valence-corrected chi connectivity index (χ3v) is 6.09. The van der Waals surface area contributed by atoms with Crippen molar-refractivity contribution in [1.82, 2.24) is 4.90 Å². The van der Waals surface area contributed by atoms with Gasteiger partial charge in [-0.25, -0.2) is 0 Å². The van der Waals surface area contributed by atoms with Crippen LogP contribution >= 0.6 is 24.2 Å². The number of benzene rings is 1. The average molecular weight is 413 g/mol. The van der Waals surface area contributed by atoms with Crippen molar-refractivity contribution in [3.05, 3.63) is 34.4 Å². The summed E-state index contributed by atoms with van der Waals surface area (Å²) in [5, 5.41) is 14.6. The summed E-state index contributed by atoms with van der Waals surface area (Å²) >= 11 is 1.71. The van der Waals surface area contributed by atoms with Gasteiger partial charge in [-0.2, -0.15) is 0 Å². The second kappa shape index (κ2) is 9.94. The van der Waals surface area contributed by atoms with Crippen LogP contribution in [0.5, 0.6) is 0 Å². The highest BCUT2D eigenvalue weighted by molar-refractivity contribution is 8.14. The molecule has 1 aliphatic heterocycles. The lowest BCUT2D eigenvalue weighted by Crippen LogP contribution is -2.34. The molecule has 0 radical (unpaired) electrons. The second-order valence-corrected chi connectivity index (χ2v) is 7.83. The SMILES string of the molecule is CN1C(=NC2CCCCC2)SCC1CC(=O)Nc1cccc([N+](=O)[O-])c1.Cl. The minimum atomic E-state index is -0.467. The number of amides is 1. The fourth-order valence-corrected chi connectivity index (χ4v) is 4.61. The van der Waals surface area contributed by atoms with Gasteiger partial charge in [-0.05, 0) is 18.9 Å². The molecule has 1 saturated heterocycles. The number of rotatable bonds is 5. The maximum Gasteiger partial charge on any atom is 0.271 e. The van der Waals surface area contributed by atoms with Crippen molar-refractivity contribution in [2.75, 3.05) is 18.1 Å². The zero-order valence-electron chi connectivity index (χ0n) is 15.3. The number of aliphatic imine (C=N–C) groups is 1. The Balaban J connectivity index is 0.00000261. The molecule has 2 fully saturated rings. The minimum absolute atomic E-state index is 0. The molecular formula is C18H25ClN4O3S. The summed E-state index contributed by atoms with van der Waals surface area (Å²) < 4.78 is 0. The molecule has 1 aromatic carbocycles. The van der Waals surface area contributed by atoms with Gasteiger partial charge >= 0.3 is 0 Å². The molecule has 9 heteroatoms. The first-order chi connectivity index (χ1) is 12.5. The number of anilines is 1. The molecule has 0 aromatic heterocycles. The largest absolute Gasteiger partial charge is 0.350 e. The highest BCUT2D eigenvalue weighted by Gasteiger charge is 2.30. The molecule has 27 heavy (non-hydrogen) atoms. The summed E-state index contributed by atoms with van der Waals surface area (Å²) in [4.78, 5) is 29.7. The molecule has 1 aromatic rings. The van der Waals surface area contributed by atoms with E-state index in [1.807, 2.05) is 7.05 Å². The van der Waals surface area contributed by atoms with Crippen LogP contribution in [0, 0.1) is 10.1 Å².